The quantitative estimate of drug-likeness (QED) is 0.289. The zero-order valence-corrected chi connectivity index (χ0v) is 12.1. The average molecular weight is 310 g/mol. The Morgan fingerprint density at radius 1 is 1.17 bits per heavy atom. The molecule has 1 aromatic rings. The maximum absolute atomic E-state index is 5.63. The molecule has 1 aliphatic carbocycles. The standard InChI is InChI=1S/C14H20BrN3/c15-13-10-6-5-9-12(13)14(18-16)17-11-7-3-1-2-4-8-11/h5-6,9-11H,1-4,7-8,16H2,(H,17,18). The number of aliphatic imine (C=N–C) groups is 1. The SMILES string of the molecule is NNC(=NC1CCCCCC1)c1ccccc1Br. The third kappa shape index (κ3) is 3.56. The highest BCUT2D eigenvalue weighted by molar-refractivity contribution is 9.10. The van der Waals surface area contributed by atoms with Crippen molar-refractivity contribution in [1.82, 2.24) is 5.43 Å². The van der Waals surface area contributed by atoms with Gasteiger partial charge in [0.2, 0.25) is 0 Å². The predicted molar refractivity (Wildman–Crippen MR) is 79.5 cm³/mol. The molecule has 1 fully saturated rings. The van der Waals surface area contributed by atoms with Gasteiger partial charge in [0.1, 0.15) is 5.84 Å². The van der Waals surface area contributed by atoms with E-state index in [4.69, 9.17) is 10.8 Å². The first-order chi connectivity index (χ1) is 8.81. The number of nitrogens with two attached hydrogens (primary N) is 1. The minimum atomic E-state index is 0.408. The first-order valence-corrected chi connectivity index (χ1v) is 7.40. The molecule has 0 unspecified atom stereocenters. The topological polar surface area (TPSA) is 50.4 Å². The van der Waals surface area contributed by atoms with Crippen molar-refractivity contribution in [2.45, 2.75) is 44.6 Å². The van der Waals surface area contributed by atoms with Gasteiger partial charge in [-0.15, -0.1) is 0 Å². The summed E-state index contributed by atoms with van der Waals surface area (Å²) in [6, 6.07) is 8.44. The Bertz CT molecular complexity index is 409. The monoisotopic (exact) mass is 309 g/mol. The van der Waals surface area contributed by atoms with Gasteiger partial charge in [-0.05, 0) is 18.9 Å². The molecular weight excluding hydrogens is 290 g/mol. The lowest BCUT2D eigenvalue weighted by Crippen LogP contribution is -2.32. The molecule has 0 atom stereocenters. The second-order valence-electron chi connectivity index (χ2n) is 4.75. The van der Waals surface area contributed by atoms with Gasteiger partial charge in [0, 0.05) is 10.0 Å². The van der Waals surface area contributed by atoms with Crippen LogP contribution in [0.1, 0.15) is 44.1 Å². The van der Waals surface area contributed by atoms with Crippen LogP contribution in [0.2, 0.25) is 0 Å². The largest absolute Gasteiger partial charge is 0.308 e. The number of nitrogens with zero attached hydrogens (tertiary/aromatic N) is 1. The summed E-state index contributed by atoms with van der Waals surface area (Å²) < 4.78 is 1.02. The molecule has 0 bridgehead atoms. The number of amidine groups is 1. The second-order valence-corrected chi connectivity index (χ2v) is 5.60. The molecule has 0 heterocycles. The van der Waals surface area contributed by atoms with E-state index in [2.05, 4.69) is 21.4 Å². The predicted octanol–water partition coefficient (Wildman–Crippen LogP) is 3.38. The fraction of sp³-hybridized carbons (Fsp3) is 0.500. The van der Waals surface area contributed by atoms with Gasteiger partial charge in [0.15, 0.2) is 0 Å². The van der Waals surface area contributed by atoms with Crippen molar-refractivity contribution in [3.05, 3.63) is 34.3 Å². The van der Waals surface area contributed by atoms with Gasteiger partial charge in [-0.2, -0.15) is 0 Å². The molecule has 3 nitrogen and oxygen atoms in total. The zero-order valence-electron chi connectivity index (χ0n) is 10.5. The maximum Gasteiger partial charge on any atom is 0.143 e. The molecule has 0 amide bonds. The highest BCUT2D eigenvalue weighted by Crippen LogP contribution is 2.22. The molecule has 4 heteroatoms. The van der Waals surface area contributed by atoms with Crippen molar-refractivity contribution in [2.75, 3.05) is 0 Å². The maximum atomic E-state index is 5.63. The Morgan fingerprint density at radius 3 is 2.44 bits per heavy atom. The number of rotatable bonds is 2. The summed E-state index contributed by atoms with van der Waals surface area (Å²) in [5.41, 5.74) is 3.78. The van der Waals surface area contributed by atoms with E-state index in [0.717, 1.165) is 15.9 Å². The van der Waals surface area contributed by atoms with Crippen molar-refractivity contribution in [3.8, 4) is 0 Å². The van der Waals surface area contributed by atoms with E-state index in [0.29, 0.717) is 6.04 Å². The van der Waals surface area contributed by atoms with Gasteiger partial charge in [-0.25, -0.2) is 5.84 Å². The Balaban J connectivity index is 2.19. The van der Waals surface area contributed by atoms with E-state index in [9.17, 15) is 0 Å². The summed E-state index contributed by atoms with van der Waals surface area (Å²) >= 11 is 3.54. The molecule has 0 radical (unpaired) electrons. The lowest BCUT2D eigenvalue weighted by atomic mass is 10.1. The lowest BCUT2D eigenvalue weighted by molar-refractivity contribution is 0.583. The third-order valence-corrected chi connectivity index (χ3v) is 4.09. The van der Waals surface area contributed by atoms with E-state index in [1.807, 2.05) is 24.3 Å². The van der Waals surface area contributed by atoms with Gasteiger partial charge in [0.05, 0.1) is 6.04 Å². The average Bonchev–Trinajstić information content (AvgIpc) is 2.65. The highest BCUT2D eigenvalue weighted by atomic mass is 79.9. The number of halogens is 1. The summed E-state index contributed by atoms with van der Waals surface area (Å²) in [6.07, 6.45) is 7.59. The summed E-state index contributed by atoms with van der Waals surface area (Å²) in [7, 11) is 0. The molecule has 1 aliphatic rings. The molecule has 1 saturated carbocycles. The molecule has 0 aliphatic heterocycles. The number of benzene rings is 1. The van der Waals surface area contributed by atoms with E-state index < -0.39 is 0 Å². The van der Waals surface area contributed by atoms with Crippen LogP contribution in [0.25, 0.3) is 0 Å². The van der Waals surface area contributed by atoms with Crippen molar-refractivity contribution in [3.63, 3.8) is 0 Å². The molecule has 0 aromatic heterocycles. The van der Waals surface area contributed by atoms with Gasteiger partial charge in [0.25, 0.3) is 0 Å². The van der Waals surface area contributed by atoms with Crippen molar-refractivity contribution in [1.29, 1.82) is 0 Å². The van der Waals surface area contributed by atoms with Gasteiger partial charge in [-0.3, -0.25) is 4.99 Å². The number of hydrogen-bond acceptors (Lipinski definition) is 2. The summed E-state index contributed by atoms with van der Waals surface area (Å²) in [5.74, 6) is 6.41. The molecule has 1 aromatic carbocycles. The molecule has 0 spiro atoms. The van der Waals surface area contributed by atoms with Crippen LogP contribution in [0, 0.1) is 0 Å². The van der Waals surface area contributed by atoms with Crippen LogP contribution in [0.15, 0.2) is 33.7 Å². The van der Waals surface area contributed by atoms with Gasteiger partial charge in [-0.1, -0.05) is 59.8 Å². The number of hydrogen-bond donors (Lipinski definition) is 2. The fourth-order valence-electron chi connectivity index (χ4n) is 2.41. The molecule has 18 heavy (non-hydrogen) atoms. The third-order valence-electron chi connectivity index (χ3n) is 3.40. The van der Waals surface area contributed by atoms with E-state index in [-0.39, 0.29) is 0 Å². The van der Waals surface area contributed by atoms with Crippen molar-refractivity contribution < 1.29 is 0 Å². The van der Waals surface area contributed by atoms with E-state index in [1.165, 1.54) is 38.5 Å². The van der Waals surface area contributed by atoms with Crippen molar-refractivity contribution in [2.24, 2.45) is 10.8 Å². The summed E-state index contributed by atoms with van der Waals surface area (Å²) in [4.78, 5) is 4.80. The zero-order chi connectivity index (χ0) is 12.8. The van der Waals surface area contributed by atoms with Crippen LogP contribution in [0.4, 0.5) is 0 Å². The first-order valence-electron chi connectivity index (χ1n) is 6.60. The molecule has 0 saturated heterocycles. The normalized spacial score (nSPS) is 18.4. The summed E-state index contributed by atoms with van der Waals surface area (Å²) in [5, 5.41) is 0. The Morgan fingerprint density at radius 2 is 1.83 bits per heavy atom. The molecule has 3 N–H and O–H groups in total. The highest BCUT2D eigenvalue weighted by Gasteiger charge is 2.13. The van der Waals surface area contributed by atoms with Crippen LogP contribution in [0.5, 0.6) is 0 Å². The smallest absolute Gasteiger partial charge is 0.143 e. The number of nitrogens with one attached hydrogen (secondary N) is 1. The Labute approximate surface area is 117 Å². The van der Waals surface area contributed by atoms with Crippen LogP contribution >= 0.6 is 15.9 Å². The van der Waals surface area contributed by atoms with Crippen LogP contribution in [0.3, 0.4) is 0 Å². The minimum absolute atomic E-state index is 0.408. The Kier molecular flexibility index (Phi) is 5.20. The lowest BCUT2D eigenvalue weighted by Gasteiger charge is -2.13. The van der Waals surface area contributed by atoms with Crippen LogP contribution < -0.4 is 11.3 Å². The van der Waals surface area contributed by atoms with Gasteiger partial charge < -0.3 is 5.43 Å². The summed E-state index contributed by atoms with van der Waals surface area (Å²) in [6.45, 7) is 0. The molecule has 2 rings (SSSR count). The second kappa shape index (κ2) is 6.90. The van der Waals surface area contributed by atoms with Crippen LogP contribution in [-0.2, 0) is 0 Å². The molecule has 98 valence electrons. The Hall–Kier alpha value is -0.870. The molecular formula is C14H20BrN3. The fourth-order valence-corrected chi connectivity index (χ4v) is 2.88. The van der Waals surface area contributed by atoms with E-state index in [1.54, 1.807) is 0 Å². The van der Waals surface area contributed by atoms with Crippen molar-refractivity contribution >= 4 is 21.8 Å². The minimum Gasteiger partial charge on any atom is -0.308 e. The van der Waals surface area contributed by atoms with Crippen LogP contribution in [-0.4, -0.2) is 11.9 Å². The first kappa shape index (κ1) is 13.6. The number of hydrazine groups is 1. The van der Waals surface area contributed by atoms with Gasteiger partial charge >= 0.3 is 0 Å². The van der Waals surface area contributed by atoms with E-state index >= 15 is 0 Å².